The van der Waals surface area contributed by atoms with E-state index in [-0.39, 0.29) is 11.3 Å². The zero-order valence-electron chi connectivity index (χ0n) is 12.1. The fourth-order valence-corrected chi connectivity index (χ4v) is 3.60. The Morgan fingerprint density at radius 2 is 1.76 bits per heavy atom. The van der Waals surface area contributed by atoms with Gasteiger partial charge in [-0.2, -0.15) is 0 Å². The van der Waals surface area contributed by atoms with Gasteiger partial charge in [0.05, 0.1) is 12.9 Å². The molecule has 3 rings (SSSR count). The van der Waals surface area contributed by atoms with Crippen LogP contribution in [0.4, 0.5) is 5.69 Å². The molecular formula is C17H17NO2S. The van der Waals surface area contributed by atoms with Gasteiger partial charge in [-0.15, -0.1) is 11.8 Å². The Hall–Kier alpha value is -1.94. The van der Waals surface area contributed by atoms with Crippen molar-refractivity contribution in [1.82, 2.24) is 0 Å². The third-order valence-corrected chi connectivity index (χ3v) is 4.79. The summed E-state index contributed by atoms with van der Waals surface area (Å²) >= 11 is 1.66. The summed E-state index contributed by atoms with van der Waals surface area (Å²) in [5, 5.41) is 0.0334. The smallest absolute Gasteiger partial charge is 0.238 e. The molecule has 0 aromatic heterocycles. The molecule has 1 saturated heterocycles. The minimum absolute atomic E-state index is 0.0334. The lowest BCUT2D eigenvalue weighted by atomic mass is 10.1. The van der Waals surface area contributed by atoms with E-state index in [1.807, 2.05) is 60.4 Å². The third-order valence-electron chi connectivity index (χ3n) is 3.58. The molecule has 3 nitrogen and oxygen atoms in total. The van der Waals surface area contributed by atoms with Gasteiger partial charge in [0.15, 0.2) is 0 Å². The van der Waals surface area contributed by atoms with Crippen molar-refractivity contribution in [2.24, 2.45) is 0 Å². The molecule has 0 bridgehead atoms. The normalized spacial score (nSPS) is 18.1. The Kier molecular flexibility index (Phi) is 3.88. The first-order valence-electron chi connectivity index (χ1n) is 6.83. The van der Waals surface area contributed by atoms with Crippen LogP contribution in [0.3, 0.4) is 0 Å². The quantitative estimate of drug-likeness (QED) is 0.864. The van der Waals surface area contributed by atoms with Gasteiger partial charge in [0.1, 0.15) is 11.1 Å². The first-order chi connectivity index (χ1) is 10.2. The van der Waals surface area contributed by atoms with Crippen LogP contribution >= 0.6 is 11.8 Å². The summed E-state index contributed by atoms with van der Waals surface area (Å²) in [5.41, 5.74) is 3.27. The molecule has 1 fully saturated rings. The van der Waals surface area contributed by atoms with E-state index in [1.54, 1.807) is 18.9 Å². The van der Waals surface area contributed by atoms with E-state index < -0.39 is 0 Å². The van der Waals surface area contributed by atoms with E-state index in [1.165, 1.54) is 5.56 Å². The van der Waals surface area contributed by atoms with Crippen molar-refractivity contribution >= 4 is 23.4 Å². The van der Waals surface area contributed by atoms with Gasteiger partial charge in [-0.05, 0) is 36.8 Å². The molecule has 1 aliphatic heterocycles. The topological polar surface area (TPSA) is 29.5 Å². The van der Waals surface area contributed by atoms with Crippen LogP contribution in [-0.2, 0) is 4.79 Å². The lowest BCUT2D eigenvalue weighted by Crippen LogP contribution is -2.27. The van der Waals surface area contributed by atoms with Crippen molar-refractivity contribution in [3.63, 3.8) is 0 Å². The summed E-state index contributed by atoms with van der Waals surface area (Å²) in [6, 6.07) is 16.0. The van der Waals surface area contributed by atoms with Crippen LogP contribution in [0.1, 0.15) is 16.5 Å². The maximum atomic E-state index is 12.2. The van der Waals surface area contributed by atoms with Gasteiger partial charge >= 0.3 is 0 Å². The summed E-state index contributed by atoms with van der Waals surface area (Å²) in [6.07, 6.45) is 0. The second-order valence-corrected chi connectivity index (χ2v) is 6.10. The number of hydrogen-bond acceptors (Lipinski definition) is 3. The van der Waals surface area contributed by atoms with E-state index in [4.69, 9.17) is 4.74 Å². The summed E-state index contributed by atoms with van der Waals surface area (Å²) in [7, 11) is 1.65. The van der Waals surface area contributed by atoms with Gasteiger partial charge in [0.25, 0.3) is 0 Å². The lowest BCUT2D eigenvalue weighted by Gasteiger charge is -2.24. The minimum atomic E-state index is 0.0334. The second kappa shape index (κ2) is 5.82. The maximum absolute atomic E-state index is 12.2. The van der Waals surface area contributed by atoms with Crippen molar-refractivity contribution in [3.8, 4) is 5.75 Å². The fraction of sp³-hybridized carbons (Fsp3) is 0.235. The van der Waals surface area contributed by atoms with Gasteiger partial charge in [0.2, 0.25) is 5.91 Å². The van der Waals surface area contributed by atoms with Gasteiger partial charge in [-0.25, -0.2) is 0 Å². The van der Waals surface area contributed by atoms with Gasteiger partial charge in [-0.3, -0.25) is 9.69 Å². The molecular weight excluding hydrogens is 282 g/mol. The highest BCUT2D eigenvalue weighted by Gasteiger charge is 2.33. The number of carbonyl (C=O) groups excluding carboxylic acids is 1. The average molecular weight is 299 g/mol. The van der Waals surface area contributed by atoms with Crippen LogP contribution in [0.15, 0.2) is 48.5 Å². The van der Waals surface area contributed by atoms with E-state index in [9.17, 15) is 4.79 Å². The molecule has 0 unspecified atom stereocenters. The predicted octanol–water partition coefficient (Wildman–Crippen LogP) is 3.78. The van der Waals surface area contributed by atoms with Crippen LogP contribution in [0.5, 0.6) is 5.75 Å². The maximum Gasteiger partial charge on any atom is 0.238 e. The van der Waals surface area contributed by atoms with E-state index >= 15 is 0 Å². The Bertz CT molecular complexity index is 637. The number of ether oxygens (including phenoxy) is 1. The van der Waals surface area contributed by atoms with Crippen LogP contribution in [0.2, 0.25) is 0 Å². The summed E-state index contributed by atoms with van der Waals surface area (Å²) in [4.78, 5) is 14.1. The molecule has 1 amide bonds. The SMILES string of the molecule is COc1ccc([C@H]2SCC(=O)N2c2ccc(C)cc2)cc1. The number of anilines is 1. The number of thioether (sulfide) groups is 1. The van der Waals surface area contributed by atoms with Crippen molar-refractivity contribution in [2.75, 3.05) is 17.8 Å². The molecule has 0 radical (unpaired) electrons. The van der Waals surface area contributed by atoms with Crippen molar-refractivity contribution in [1.29, 1.82) is 0 Å². The van der Waals surface area contributed by atoms with Crippen LogP contribution < -0.4 is 9.64 Å². The molecule has 0 spiro atoms. The molecule has 1 aliphatic rings. The molecule has 0 N–H and O–H groups in total. The summed E-state index contributed by atoms with van der Waals surface area (Å²) in [5.74, 6) is 1.50. The number of hydrogen-bond donors (Lipinski definition) is 0. The standard InChI is InChI=1S/C17H17NO2S/c1-12-3-7-14(8-4-12)18-16(19)11-21-17(18)13-5-9-15(20-2)10-6-13/h3-10,17H,11H2,1-2H3/t17-/m1/s1. The van der Waals surface area contributed by atoms with Crippen LogP contribution in [0, 0.1) is 6.92 Å². The fourth-order valence-electron chi connectivity index (χ4n) is 2.42. The Morgan fingerprint density at radius 1 is 1.10 bits per heavy atom. The molecule has 0 saturated carbocycles. The molecule has 1 atom stereocenters. The monoisotopic (exact) mass is 299 g/mol. The highest BCUT2D eigenvalue weighted by atomic mass is 32.2. The number of amides is 1. The second-order valence-electron chi connectivity index (χ2n) is 5.04. The predicted molar refractivity (Wildman–Crippen MR) is 86.9 cm³/mol. The number of benzene rings is 2. The average Bonchev–Trinajstić information content (AvgIpc) is 2.90. The molecule has 108 valence electrons. The van der Waals surface area contributed by atoms with Crippen molar-refractivity contribution in [3.05, 3.63) is 59.7 Å². The Labute approximate surface area is 128 Å². The molecule has 21 heavy (non-hydrogen) atoms. The van der Waals surface area contributed by atoms with Gasteiger partial charge in [-0.1, -0.05) is 29.8 Å². The van der Waals surface area contributed by atoms with E-state index in [2.05, 4.69) is 0 Å². The molecule has 1 heterocycles. The summed E-state index contributed by atoms with van der Waals surface area (Å²) < 4.78 is 5.19. The Morgan fingerprint density at radius 3 is 2.38 bits per heavy atom. The molecule has 4 heteroatoms. The number of rotatable bonds is 3. The number of carbonyl (C=O) groups is 1. The van der Waals surface area contributed by atoms with Gasteiger partial charge < -0.3 is 4.74 Å². The van der Waals surface area contributed by atoms with Gasteiger partial charge in [0, 0.05) is 5.69 Å². The van der Waals surface area contributed by atoms with E-state index in [0.717, 1.165) is 17.0 Å². The Balaban J connectivity index is 1.93. The number of aryl methyl sites for hydroxylation is 1. The zero-order chi connectivity index (χ0) is 14.8. The minimum Gasteiger partial charge on any atom is -0.497 e. The first kappa shape index (κ1) is 14.0. The number of nitrogens with zero attached hydrogens (tertiary/aromatic N) is 1. The highest BCUT2D eigenvalue weighted by Crippen LogP contribution is 2.41. The molecule has 0 aliphatic carbocycles. The lowest BCUT2D eigenvalue weighted by molar-refractivity contribution is -0.115. The molecule has 2 aromatic rings. The third kappa shape index (κ3) is 2.76. The zero-order valence-corrected chi connectivity index (χ0v) is 12.9. The summed E-state index contributed by atoms with van der Waals surface area (Å²) in [6.45, 7) is 2.05. The number of methoxy groups -OCH3 is 1. The highest BCUT2D eigenvalue weighted by molar-refractivity contribution is 8.00. The van der Waals surface area contributed by atoms with Crippen LogP contribution in [0.25, 0.3) is 0 Å². The largest absolute Gasteiger partial charge is 0.497 e. The van der Waals surface area contributed by atoms with Crippen LogP contribution in [-0.4, -0.2) is 18.8 Å². The van der Waals surface area contributed by atoms with Crippen molar-refractivity contribution < 1.29 is 9.53 Å². The first-order valence-corrected chi connectivity index (χ1v) is 7.88. The molecule has 2 aromatic carbocycles. The van der Waals surface area contributed by atoms with E-state index in [0.29, 0.717) is 5.75 Å². The van der Waals surface area contributed by atoms with Crippen molar-refractivity contribution in [2.45, 2.75) is 12.3 Å².